The largest absolute Gasteiger partial charge is 0.384 e. The number of carbonyl (C=O) groups is 1. The molecule has 8 heteroatoms. The molecule has 4 rings (SSSR count). The molecule has 0 spiro atoms. The number of anilines is 1. The molecule has 0 radical (unpaired) electrons. The van der Waals surface area contributed by atoms with Crippen molar-refractivity contribution in [3.8, 4) is 22.4 Å². The van der Waals surface area contributed by atoms with Gasteiger partial charge in [-0.15, -0.1) is 0 Å². The topological polar surface area (TPSA) is 94.2 Å². The quantitative estimate of drug-likeness (QED) is 0.731. The van der Waals surface area contributed by atoms with E-state index in [1.165, 1.54) is 23.5 Å². The zero-order valence-electron chi connectivity index (χ0n) is 15.9. The van der Waals surface area contributed by atoms with Crippen LogP contribution < -0.4 is 5.73 Å². The molecular weight excluding hydrogens is 373 g/mol. The number of benzene rings is 1. The zero-order chi connectivity index (χ0) is 20.4. The molecule has 0 unspecified atom stereocenters. The van der Waals surface area contributed by atoms with Crippen LogP contribution >= 0.6 is 0 Å². The van der Waals surface area contributed by atoms with Crippen LogP contribution in [0.4, 0.5) is 10.2 Å². The van der Waals surface area contributed by atoms with E-state index in [1.54, 1.807) is 18.3 Å². The first-order chi connectivity index (χ1) is 14.1. The van der Waals surface area contributed by atoms with Gasteiger partial charge in [-0.25, -0.2) is 24.4 Å². The number of amides is 1. The lowest BCUT2D eigenvalue weighted by Crippen LogP contribution is -2.27. The van der Waals surface area contributed by atoms with Gasteiger partial charge in [-0.3, -0.25) is 9.63 Å². The Bertz CT molecular complexity index is 1050. The molecule has 0 bridgehead atoms. The number of aryl methyl sites for hydroxylation is 1. The predicted octanol–water partition coefficient (Wildman–Crippen LogP) is 3.27. The molecule has 3 aromatic rings. The van der Waals surface area contributed by atoms with Crippen molar-refractivity contribution in [3.63, 3.8) is 0 Å². The van der Waals surface area contributed by atoms with Gasteiger partial charge in [-0.2, -0.15) is 0 Å². The molecule has 1 aliphatic rings. The normalized spacial score (nSPS) is 13.7. The first-order valence-corrected chi connectivity index (χ1v) is 9.39. The Morgan fingerprint density at radius 1 is 1.21 bits per heavy atom. The fourth-order valence-electron chi connectivity index (χ4n) is 3.34. The highest BCUT2D eigenvalue weighted by Crippen LogP contribution is 2.33. The molecule has 1 amide bonds. The van der Waals surface area contributed by atoms with Crippen molar-refractivity contribution in [3.05, 3.63) is 59.9 Å². The van der Waals surface area contributed by atoms with Crippen molar-refractivity contribution < 1.29 is 14.0 Å². The number of aromatic nitrogens is 3. The lowest BCUT2D eigenvalue weighted by molar-refractivity contribution is -0.0770. The van der Waals surface area contributed by atoms with E-state index in [-0.39, 0.29) is 5.56 Å². The number of pyridine rings is 1. The standard InChI is InChI=1S/C21H20FN5O2/c1-2-17-19(14-5-7-18(23)24-11-14)20(26-12-25-17)13-4-6-15(16(22)10-13)21(28)27-8-3-9-29-27/h4-7,10-12H,2-3,8-9H2,1H3,(H2,23,24). The number of carbonyl (C=O) groups excluding carboxylic acids is 1. The van der Waals surface area contributed by atoms with Crippen molar-refractivity contribution in [1.29, 1.82) is 0 Å². The van der Waals surface area contributed by atoms with Crippen LogP contribution in [-0.4, -0.2) is 39.1 Å². The molecule has 0 aliphatic carbocycles. The third-order valence-electron chi connectivity index (χ3n) is 4.79. The minimum Gasteiger partial charge on any atom is -0.384 e. The van der Waals surface area contributed by atoms with Crippen LogP contribution in [0, 0.1) is 5.82 Å². The lowest BCUT2D eigenvalue weighted by atomic mass is 9.97. The highest BCUT2D eigenvalue weighted by atomic mass is 19.1. The summed E-state index contributed by atoms with van der Waals surface area (Å²) in [6.07, 6.45) is 4.51. The highest BCUT2D eigenvalue weighted by Gasteiger charge is 2.24. The second kappa shape index (κ2) is 7.92. The van der Waals surface area contributed by atoms with Gasteiger partial charge in [0, 0.05) is 22.9 Å². The second-order valence-corrected chi connectivity index (χ2v) is 6.66. The summed E-state index contributed by atoms with van der Waals surface area (Å²) in [4.78, 5) is 30.6. The van der Waals surface area contributed by atoms with E-state index < -0.39 is 11.7 Å². The van der Waals surface area contributed by atoms with E-state index in [0.29, 0.717) is 36.6 Å². The number of rotatable bonds is 4. The number of hydrogen-bond donors (Lipinski definition) is 1. The number of nitrogens with zero attached hydrogens (tertiary/aromatic N) is 4. The molecule has 148 valence electrons. The predicted molar refractivity (Wildman–Crippen MR) is 106 cm³/mol. The summed E-state index contributed by atoms with van der Waals surface area (Å²) >= 11 is 0. The Morgan fingerprint density at radius 3 is 2.69 bits per heavy atom. The van der Waals surface area contributed by atoms with Crippen LogP contribution in [0.5, 0.6) is 0 Å². The number of nitrogen functional groups attached to an aromatic ring is 1. The molecule has 7 nitrogen and oxygen atoms in total. The summed E-state index contributed by atoms with van der Waals surface area (Å²) in [5, 5.41) is 1.20. The molecule has 0 saturated carbocycles. The second-order valence-electron chi connectivity index (χ2n) is 6.66. The van der Waals surface area contributed by atoms with Crippen LogP contribution in [0.25, 0.3) is 22.4 Å². The molecule has 1 aromatic carbocycles. The van der Waals surface area contributed by atoms with E-state index in [2.05, 4.69) is 15.0 Å². The summed E-state index contributed by atoms with van der Waals surface area (Å²) in [6.45, 7) is 2.91. The smallest absolute Gasteiger partial charge is 0.280 e. The van der Waals surface area contributed by atoms with E-state index in [0.717, 1.165) is 23.2 Å². The van der Waals surface area contributed by atoms with Crippen LogP contribution in [-0.2, 0) is 11.3 Å². The van der Waals surface area contributed by atoms with Gasteiger partial charge in [-0.1, -0.05) is 13.0 Å². The Labute approximate surface area is 167 Å². The number of nitrogens with two attached hydrogens (primary N) is 1. The van der Waals surface area contributed by atoms with Gasteiger partial charge in [0.2, 0.25) is 0 Å². The van der Waals surface area contributed by atoms with Gasteiger partial charge in [0.25, 0.3) is 5.91 Å². The molecule has 3 heterocycles. The van der Waals surface area contributed by atoms with Crippen molar-refractivity contribution in [2.24, 2.45) is 0 Å². The zero-order valence-corrected chi connectivity index (χ0v) is 15.9. The molecule has 1 aliphatic heterocycles. The summed E-state index contributed by atoms with van der Waals surface area (Å²) in [7, 11) is 0. The summed E-state index contributed by atoms with van der Waals surface area (Å²) in [5.41, 5.74) is 9.16. The molecule has 2 N–H and O–H groups in total. The maximum absolute atomic E-state index is 14.8. The minimum absolute atomic E-state index is 0.0314. The van der Waals surface area contributed by atoms with Gasteiger partial charge in [0.1, 0.15) is 18.0 Å². The maximum Gasteiger partial charge on any atom is 0.280 e. The Hall–Kier alpha value is -3.39. The third-order valence-corrected chi connectivity index (χ3v) is 4.79. The Morgan fingerprint density at radius 2 is 2.03 bits per heavy atom. The summed E-state index contributed by atoms with van der Waals surface area (Å²) in [5.74, 6) is -0.698. The molecule has 1 saturated heterocycles. The number of hydroxylamine groups is 2. The van der Waals surface area contributed by atoms with Gasteiger partial charge < -0.3 is 5.73 Å². The van der Waals surface area contributed by atoms with Crippen molar-refractivity contribution in [2.45, 2.75) is 19.8 Å². The molecule has 1 fully saturated rings. The SMILES string of the molecule is CCc1ncnc(-c2ccc(C(=O)N3CCCO3)c(F)c2)c1-c1ccc(N)nc1. The van der Waals surface area contributed by atoms with Crippen LogP contribution in [0.15, 0.2) is 42.9 Å². The third kappa shape index (κ3) is 3.66. The summed E-state index contributed by atoms with van der Waals surface area (Å²) < 4.78 is 14.8. The summed E-state index contributed by atoms with van der Waals surface area (Å²) in [6, 6.07) is 8.00. The van der Waals surface area contributed by atoms with Gasteiger partial charge in [0.05, 0.1) is 30.1 Å². The Balaban J connectivity index is 1.78. The first-order valence-electron chi connectivity index (χ1n) is 9.39. The average Bonchev–Trinajstić information content (AvgIpc) is 3.28. The van der Waals surface area contributed by atoms with E-state index >= 15 is 0 Å². The first kappa shape index (κ1) is 18.9. The fraction of sp³-hybridized carbons (Fsp3) is 0.238. The van der Waals surface area contributed by atoms with E-state index in [4.69, 9.17) is 10.6 Å². The number of hydrogen-bond acceptors (Lipinski definition) is 6. The van der Waals surface area contributed by atoms with E-state index in [1.807, 2.05) is 13.0 Å². The van der Waals surface area contributed by atoms with Crippen LogP contribution in [0.1, 0.15) is 29.4 Å². The molecular formula is C21H20FN5O2. The highest BCUT2D eigenvalue weighted by molar-refractivity contribution is 5.94. The van der Waals surface area contributed by atoms with Crippen LogP contribution in [0.3, 0.4) is 0 Å². The van der Waals surface area contributed by atoms with E-state index in [9.17, 15) is 9.18 Å². The van der Waals surface area contributed by atoms with Gasteiger partial charge >= 0.3 is 0 Å². The minimum atomic E-state index is -0.624. The average molecular weight is 393 g/mol. The number of halogens is 1. The lowest BCUT2D eigenvalue weighted by Gasteiger charge is -2.16. The fourth-order valence-corrected chi connectivity index (χ4v) is 3.34. The van der Waals surface area contributed by atoms with Crippen molar-refractivity contribution >= 4 is 11.7 Å². The van der Waals surface area contributed by atoms with Crippen molar-refractivity contribution in [1.82, 2.24) is 20.0 Å². The molecule has 29 heavy (non-hydrogen) atoms. The van der Waals surface area contributed by atoms with Crippen molar-refractivity contribution in [2.75, 3.05) is 18.9 Å². The monoisotopic (exact) mass is 393 g/mol. The van der Waals surface area contributed by atoms with Gasteiger partial charge in [0.15, 0.2) is 0 Å². The van der Waals surface area contributed by atoms with Gasteiger partial charge in [-0.05, 0) is 37.1 Å². The molecule has 2 aromatic heterocycles. The molecule has 0 atom stereocenters. The Kier molecular flexibility index (Phi) is 5.18. The maximum atomic E-state index is 14.8. The van der Waals surface area contributed by atoms with Crippen LogP contribution in [0.2, 0.25) is 0 Å².